The normalized spacial score (nSPS) is 23.0. The SMILES string of the molecule is Cc1nn(C)c(C)c1S(=O)(=O)N1CCC2(CC1)OCCS2. The lowest BCUT2D eigenvalue weighted by molar-refractivity contribution is 0.0161. The van der Waals surface area contributed by atoms with Gasteiger partial charge in [-0.05, 0) is 26.7 Å². The third kappa shape index (κ3) is 2.52. The second-order valence-corrected chi connectivity index (χ2v) is 8.95. The molecule has 0 bridgehead atoms. The first-order valence-corrected chi connectivity index (χ1v) is 9.57. The summed E-state index contributed by atoms with van der Waals surface area (Å²) in [6.45, 7) is 5.36. The van der Waals surface area contributed by atoms with Gasteiger partial charge in [-0.25, -0.2) is 8.42 Å². The summed E-state index contributed by atoms with van der Waals surface area (Å²) >= 11 is 1.82. The van der Waals surface area contributed by atoms with Gasteiger partial charge in [-0.2, -0.15) is 9.40 Å². The Labute approximate surface area is 129 Å². The fourth-order valence-corrected chi connectivity index (χ4v) is 6.13. The van der Waals surface area contributed by atoms with Gasteiger partial charge in [-0.1, -0.05) is 0 Å². The van der Waals surface area contributed by atoms with Crippen LogP contribution in [0.5, 0.6) is 0 Å². The summed E-state index contributed by atoms with van der Waals surface area (Å²) in [7, 11) is -1.69. The zero-order valence-corrected chi connectivity index (χ0v) is 14.3. The van der Waals surface area contributed by atoms with Crippen molar-refractivity contribution in [2.45, 2.75) is 36.5 Å². The minimum absolute atomic E-state index is 0.148. The van der Waals surface area contributed by atoms with Crippen molar-refractivity contribution in [3.05, 3.63) is 11.4 Å². The molecular formula is C13H21N3O3S2. The van der Waals surface area contributed by atoms with Gasteiger partial charge < -0.3 is 4.74 Å². The van der Waals surface area contributed by atoms with E-state index in [1.807, 2.05) is 11.8 Å². The number of aryl methyl sites for hydroxylation is 2. The summed E-state index contributed by atoms with van der Waals surface area (Å²) in [4.78, 5) is 0.214. The van der Waals surface area contributed by atoms with Gasteiger partial charge in [-0.15, -0.1) is 11.8 Å². The zero-order chi connectivity index (χ0) is 15.3. The Morgan fingerprint density at radius 1 is 1.29 bits per heavy atom. The number of thioether (sulfide) groups is 1. The largest absolute Gasteiger partial charge is 0.363 e. The molecule has 0 unspecified atom stereocenters. The van der Waals surface area contributed by atoms with Crippen molar-refractivity contribution in [2.24, 2.45) is 7.05 Å². The predicted molar refractivity (Wildman–Crippen MR) is 81.8 cm³/mol. The number of hydrogen-bond acceptors (Lipinski definition) is 5. The van der Waals surface area contributed by atoms with E-state index in [0.29, 0.717) is 29.4 Å². The van der Waals surface area contributed by atoms with Crippen LogP contribution in [-0.4, -0.2) is 52.9 Å². The van der Waals surface area contributed by atoms with Crippen molar-refractivity contribution < 1.29 is 13.2 Å². The molecule has 21 heavy (non-hydrogen) atoms. The van der Waals surface area contributed by atoms with Crippen molar-refractivity contribution in [1.82, 2.24) is 14.1 Å². The molecule has 0 saturated carbocycles. The lowest BCUT2D eigenvalue weighted by atomic mass is 10.1. The molecule has 0 radical (unpaired) electrons. The summed E-state index contributed by atoms with van der Waals surface area (Å²) in [5, 5.41) is 4.22. The van der Waals surface area contributed by atoms with Gasteiger partial charge in [0.05, 0.1) is 18.0 Å². The van der Waals surface area contributed by atoms with Gasteiger partial charge in [0.1, 0.15) is 9.83 Å². The highest BCUT2D eigenvalue weighted by Crippen LogP contribution is 2.42. The van der Waals surface area contributed by atoms with Gasteiger partial charge >= 0.3 is 0 Å². The number of sulfonamides is 1. The van der Waals surface area contributed by atoms with Gasteiger partial charge in [0.2, 0.25) is 10.0 Å². The molecule has 1 spiro atoms. The van der Waals surface area contributed by atoms with Gasteiger partial charge in [0.25, 0.3) is 0 Å². The fourth-order valence-electron chi connectivity index (χ4n) is 3.11. The topological polar surface area (TPSA) is 64.4 Å². The standard InChI is InChI=1S/C13H21N3O3S2/c1-10-12(11(2)15(3)14-10)21(17,18)16-6-4-13(5-7-16)19-8-9-20-13/h4-9H2,1-3H3. The summed E-state index contributed by atoms with van der Waals surface area (Å²) in [5.74, 6) is 1.01. The van der Waals surface area contributed by atoms with Crippen molar-refractivity contribution in [2.75, 3.05) is 25.4 Å². The maximum Gasteiger partial charge on any atom is 0.246 e. The molecule has 2 saturated heterocycles. The smallest absolute Gasteiger partial charge is 0.246 e. The number of hydrogen-bond donors (Lipinski definition) is 0. The van der Waals surface area contributed by atoms with Crippen LogP contribution in [0.15, 0.2) is 4.90 Å². The lowest BCUT2D eigenvalue weighted by Crippen LogP contribution is -2.45. The van der Waals surface area contributed by atoms with Crippen LogP contribution in [0.3, 0.4) is 0 Å². The molecule has 2 aliphatic rings. The van der Waals surface area contributed by atoms with E-state index in [9.17, 15) is 8.42 Å². The lowest BCUT2D eigenvalue weighted by Gasteiger charge is -2.37. The highest BCUT2D eigenvalue weighted by atomic mass is 32.2. The van der Waals surface area contributed by atoms with Crippen molar-refractivity contribution >= 4 is 21.8 Å². The zero-order valence-electron chi connectivity index (χ0n) is 12.6. The fraction of sp³-hybridized carbons (Fsp3) is 0.769. The van der Waals surface area contributed by atoms with Crippen LogP contribution in [0.25, 0.3) is 0 Å². The first-order chi connectivity index (χ1) is 9.86. The molecule has 0 aliphatic carbocycles. The van der Waals surface area contributed by atoms with E-state index in [1.165, 1.54) is 0 Å². The minimum Gasteiger partial charge on any atom is -0.363 e. The van der Waals surface area contributed by atoms with E-state index in [0.717, 1.165) is 25.2 Å². The highest BCUT2D eigenvalue weighted by Gasteiger charge is 2.43. The molecule has 118 valence electrons. The Morgan fingerprint density at radius 2 is 1.95 bits per heavy atom. The summed E-state index contributed by atoms with van der Waals surface area (Å²) < 4.78 is 34.8. The quantitative estimate of drug-likeness (QED) is 0.817. The average Bonchev–Trinajstić information content (AvgIpc) is 2.96. The third-order valence-corrected chi connectivity index (χ3v) is 7.91. The molecule has 0 aromatic carbocycles. The minimum atomic E-state index is -3.46. The van der Waals surface area contributed by atoms with Crippen LogP contribution < -0.4 is 0 Å². The second-order valence-electron chi connectivity index (χ2n) is 5.64. The molecule has 1 aromatic rings. The Hall–Kier alpha value is -0.570. The predicted octanol–water partition coefficient (Wildman–Crippen LogP) is 1.28. The number of nitrogens with zero attached hydrogens (tertiary/aromatic N) is 3. The number of rotatable bonds is 2. The van der Waals surface area contributed by atoms with E-state index in [1.54, 1.807) is 29.9 Å². The van der Waals surface area contributed by atoms with E-state index in [4.69, 9.17) is 4.74 Å². The van der Waals surface area contributed by atoms with Crippen LogP contribution in [0.4, 0.5) is 0 Å². The summed E-state index contributed by atoms with van der Waals surface area (Å²) in [5.41, 5.74) is 1.26. The van der Waals surface area contributed by atoms with Crippen molar-refractivity contribution in [3.8, 4) is 0 Å². The summed E-state index contributed by atoms with van der Waals surface area (Å²) in [6, 6.07) is 0. The molecule has 2 fully saturated rings. The second kappa shape index (κ2) is 5.26. The van der Waals surface area contributed by atoms with E-state index in [-0.39, 0.29) is 4.93 Å². The monoisotopic (exact) mass is 331 g/mol. The Kier molecular flexibility index (Phi) is 3.84. The molecule has 3 heterocycles. The van der Waals surface area contributed by atoms with E-state index >= 15 is 0 Å². The molecule has 1 aromatic heterocycles. The molecule has 6 nitrogen and oxygen atoms in total. The summed E-state index contributed by atoms with van der Waals surface area (Å²) in [6.07, 6.45) is 1.52. The molecule has 0 amide bonds. The molecular weight excluding hydrogens is 310 g/mol. The van der Waals surface area contributed by atoms with Crippen LogP contribution in [-0.2, 0) is 21.8 Å². The first kappa shape index (κ1) is 15.3. The first-order valence-electron chi connectivity index (χ1n) is 7.14. The third-order valence-electron chi connectivity index (χ3n) is 4.34. The van der Waals surface area contributed by atoms with E-state index < -0.39 is 10.0 Å². The Balaban J connectivity index is 1.83. The average molecular weight is 331 g/mol. The number of ether oxygens (including phenoxy) is 1. The Bertz CT molecular complexity index is 638. The van der Waals surface area contributed by atoms with E-state index in [2.05, 4.69) is 5.10 Å². The number of piperidine rings is 1. The molecule has 0 N–H and O–H groups in total. The van der Waals surface area contributed by atoms with Gasteiger partial charge in [0, 0.05) is 25.9 Å². The van der Waals surface area contributed by atoms with Crippen molar-refractivity contribution in [3.63, 3.8) is 0 Å². The van der Waals surface area contributed by atoms with Gasteiger partial charge in [-0.3, -0.25) is 4.68 Å². The number of aromatic nitrogens is 2. The highest BCUT2D eigenvalue weighted by molar-refractivity contribution is 8.00. The Morgan fingerprint density at radius 3 is 2.43 bits per heavy atom. The molecule has 3 rings (SSSR count). The van der Waals surface area contributed by atoms with Crippen LogP contribution >= 0.6 is 11.8 Å². The maximum absolute atomic E-state index is 12.9. The van der Waals surface area contributed by atoms with Crippen LogP contribution in [0.1, 0.15) is 24.2 Å². The van der Waals surface area contributed by atoms with Crippen molar-refractivity contribution in [1.29, 1.82) is 0 Å². The molecule has 2 aliphatic heterocycles. The maximum atomic E-state index is 12.9. The molecule has 0 atom stereocenters. The van der Waals surface area contributed by atoms with Gasteiger partial charge in [0.15, 0.2) is 0 Å². The van der Waals surface area contributed by atoms with Crippen LogP contribution in [0.2, 0.25) is 0 Å². The van der Waals surface area contributed by atoms with Crippen LogP contribution in [0, 0.1) is 13.8 Å². The molecule has 8 heteroatoms.